The van der Waals surface area contributed by atoms with Crippen LogP contribution in [0.2, 0.25) is 5.02 Å². The molecule has 0 aliphatic carbocycles. The lowest BCUT2D eigenvalue weighted by molar-refractivity contribution is -0.120. The molecule has 1 aliphatic rings. The molecule has 1 atom stereocenters. The molecular formula is C11H10BrClN2O. The smallest absolute Gasteiger partial charge is 0.250 e. The number of rotatable bonds is 2. The van der Waals surface area contributed by atoms with Gasteiger partial charge in [-0.1, -0.05) is 18.5 Å². The van der Waals surface area contributed by atoms with Gasteiger partial charge < -0.3 is 5.32 Å². The first-order valence-corrected chi connectivity index (χ1v) is 6.13. The van der Waals surface area contributed by atoms with Crippen molar-refractivity contribution in [1.29, 1.82) is 0 Å². The highest BCUT2D eigenvalue weighted by Crippen LogP contribution is 2.24. The Morgan fingerprint density at radius 1 is 1.56 bits per heavy atom. The fourth-order valence-corrected chi connectivity index (χ4v) is 2.01. The summed E-state index contributed by atoms with van der Waals surface area (Å²) in [5.41, 5.74) is 0.862. The molecule has 1 unspecified atom stereocenters. The van der Waals surface area contributed by atoms with Crippen LogP contribution in [0.5, 0.6) is 0 Å². The molecule has 1 aliphatic heterocycles. The molecule has 16 heavy (non-hydrogen) atoms. The van der Waals surface area contributed by atoms with Gasteiger partial charge in [-0.15, -0.1) is 0 Å². The number of carbonyl (C=O) groups excluding carboxylic acids is 1. The van der Waals surface area contributed by atoms with E-state index in [0.717, 1.165) is 10.0 Å². The zero-order chi connectivity index (χ0) is 11.7. The van der Waals surface area contributed by atoms with Crippen LogP contribution in [0, 0.1) is 0 Å². The van der Waals surface area contributed by atoms with Gasteiger partial charge in [-0.05, 0) is 40.5 Å². The Labute approximate surface area is 107 Å². The Morgan fingerprint density at radius 2 is 2.31 bits per heavy atom. The van der Waals surface area contributed by atoms with Gasteiger partial charge in [0.25, 0.3) is 0 Å². The van der Waals surface area contributed by atoms with Gasteiger partial charge in [0.05, 0.1) is 5.02 Å². The van der Waals surface area contributed by atoms with Gasteiger partial charge >= 0.3 is 0 Å². The lowest BCUT2D eigenvalue weighted by Crippen LogP contribution is -2.28. The lowest BCUT2D eigenvalue weighted by atomic mass is 10.2. The average molecular weight is 302 g/mol. The molecule has 84 valence electrons. The third-order valence-electron chi connectivity index (χ3n) is 2.41. The van der Waals surface area contributed by atoms with Crippen LogP contribution in [-0.2, 0) is 4.79 Å². The van der Waals surface area contributed by atoms with E-state index >= 15 is 0 Å². The van der Waals surface area contributed by atoms with Crippen LogP contribution in [0.1, 0.15) is 18.9 Å². The first-order valence-electron chi connectivity index (χ1n) is 4.96. The molecule has 0 fully saturated rings. The largest absolute Gasteiger partial charge is 0.309 e. The molecule has 0 radical (unpaired) electrons. The van der Waals surface area contributed by atoms with Crippen molar-refractivity contribution < 1.29 is 4.79 Å². The number of nitrogens with zero attached hydrogens (tertiary/aromatic N) is 1. The minimum Gasteiger partial charge on any atom is -0.309 e. The number of hydrogen-bond donors (Lipinski definition) is 1. The van der Waals surface area contributed by atoms with E-state index in [9.17, 15) is 4.79 Å². The van der Waals surface area contributed by atoms with Gasteiger partial charge in [0, 0.05) is 10.0 Å². The first kappa shape index (κ1) is 11.6. The fraction of sp³-hybridized carbons (Fsp3) is 0.273. The van der Waals surface area contributed by atoms with Crippen LogP contribution in [0.3, 0.4) is 0 Å². The number of carbonyl (C=O) groups is 1. The number of benzene rings is 1. The molecule has 1 N–H and O–H groups in total. The molecule has 5 heteroatoms. The average Bonchev–Trinajstić information content (AvgIpc) is 2.64. The van der Waals surface area contributed by atoms with Crippen molar-refractivity contribution in [2.24, 2.45) is 4.99 Å². The van der Waals surface area contributed by atoms with Crippen LogP contribution < -0.4 is 5.32 Å². The fourth-order valence-electron chi connectivity index (χ4n) is 1.51. The van der Waals surface area contributed by atoms with E-state index < -0.39 is 0 Å². The van der Waals surface area contributed by atoms with Crippen molar-refractivity contribution in [1.82, 2.24) is 5.32 Å². The quantitative estimate of drug-likeness (QED) is 0.896. The Balaban J connectivity index is 2.32. The molecule has 0 bridgehead atoms. The highest BCUT2D eigenvalue weighted by molar-refractivity contribution is 9.10. The highest BCUT2D eigenvalue weighted by Gasteiger charge is 2.25. The number of nitrogens with one attached hydrogen (secondary N) is 1. The third-order valence-corrected chi connectivity index (χ3v) is 3.62. The zero-order valence-electron chi connectivity index (χ0n) is 8.63. The Morgan fingerprint density at radius 3 is 2.88 bits per heavy atom. The monoisotopic (exact) mass is 300 g/mol. The van der Waals surface area contributed by atoms with E-state index in [1.54, 1.807) is 6.07 Å². The van der Waals surface area contributed by atoms with E-state index in [-0.39, 0.29) is 11.9 Å². The lowest BCUT2D eigenvalue weighted by Gasteiger charge is -2.02. The minimum absolute atomic E-state index is 0.0384. The minimum atomic E-state index is -0.260. The number of amidine groups is 1. The SMILES string of the molecule is CCC1N=C(c2ccc(Cl)c(Br)c2)NC1=O. The van der Waals surface area contributed by atoms with Crippen molar-refractivity contribution in [3.8, 4) is 0 Å². The molecule has 1 heterocycles. The highest BCUT2D eigenvalue weighted by atomic mass is 79.9. The van der Waals surface area contributed by atoms with Crippen molar-refractivity contribution in [2.75, 3.05) is 0 Å². The number of amides is 1. The summed E-state index contributed by atoms with van der Waals surface area (Å²) in [6.07, 6.45) is 0.712. The molecule has 2 rings (SSSR count). The summed E-state index contributed by atoms with van der Waals surface area (Å²) >= 11 is 9.24. The van der Waals surface area contributed by atoms with E-state index in [0.29, 0.717) is 17.3 Å². The van der Waals surface area contributed by atoms with Crippen molar-refractivity contribution in [3.05, 3.63) is 33.3 Å². The van der Waals surface area contributed by atoms with Crippen molar-refractivity contribution in [2.45, 2.75) is 19.4 Å². The van der Waals surface area contributed by atoms with Crippen molar-refractivity contribution >= 4 is 39.3 Å². The summed E-state index contributed by atoms with van der Waals surface area (Å²) in [6.45, 7) is 1.94. The number of halogens is 2. The summed E-state index contributed by atoms with van der Waals surface area (Å²) in [5.74, 6) is 0.581. The van der Waals surface area contributed by atoms with Crippen LogP contribution in [-0.4, -0.2) is 17.8 Å². The molecule has 1 aromatic carbocycles. The molecule has 0 saturated carbocycles. The zero-order valence-corrected chi connectivity index (χ0v) is 11.0. The first-order chi connectivity index (χ1) is 7.61. The predicted octanol–water partition coefficient (Wildman–Crippen LogP) is 2.76. The van der Waals surface area contributed by atoms with Gasteiger partial charge in [0.15, 0.2) is 0 Å². The normalized spacial score (nSPS) is 19.6. The van der Waals surface area contributed by atoms with Crippen molar-refractivity contribution in [3.63, 3.8) is 0 Å². The molecule has 0 spiro atoms. The molecule has 0 saturated heterocycles. The van der Waals surface area contributed by atoms with Gasteiger partial charge in [0.1, 0.15) is 11.9 Å². The summed E-state index contributed by atoms with van der Waals surface area (Å²) in [7, 11) is 0. The second kappa shape index (κ2) is 4.55. The van der Waals surface area contributed by atoms with Gasteiger partial charge in [0.2, 0.25) is 5.91 Å². The summed E-state index contributed by atoms with van der Waals surface area (Å²) < 4.78 is 0.795. The van der Waals surface area contributed by atoms with Crippen LogP contribution >= 0.6 is 27.5 Å². The Kier molecular flexibility index (Phi) is 3.30. The van der Waals surface area contributed by atoms with Gasteiger partial charge in [-0.25, -0.2) is 0 Å². The van der Waals surface area contributed by atoms with Gasteiger partial charge in [-0.3, -0.25) is 9.79 Å². The second-order valence-corrected chi connectivity index (χ2v) is 4.78. The Bertz CT molecular complexity index is 473. The van der Waals surface area contributed by atoms with E-state index in [2.05, 4.69) is 26.2 Å². The molecule has 1 amide bonds. The number of hydrogen-bond acceptors (Lipinski definition) is 2. The second-order valence-electron chi connectivity index (χ2n) is 3.52. The maximum Gasteiger partial charge on any atom is 0.250 e. The molecule has 1 aromatic rings. The van der Waals surface area contributed by atoms with E-state index in [4.69, 9.17) is 11.6 Å². The molecular weight excluding hydrogens is 291 g/mol. The Hall–Kier alpha value is -0.870. The summed E-state index contributed by atoms with van der Waals surface area (Å²) in [4.78, 5) is 15.8. The molecule has 3 nitrogen and oxygen atoms in total. The predicted molar refractivity (Wildman–Crippen MR) is 67.9 cm³/mol. The van der Waals surface area contributed by atoms with Crippen LogP contribution in [0.25, 0.3) is 0 Å². The topological polar surface area (TPSA) is 41.5 Å². The maximum atomic E-state index is 11.5. The summed E-state index contributed by atoms with van der Waals surface area (Å²) in [6, 6.07) is 5.20. The van der Waals surface area contributed by atoms with E-state index in [1.165, 1.54) is 0 Å². The number of aliphatic imine (C=N–C) groups is 1. The maximum absolute atomic E-state index is 11.5. The third kappa shape index (κ3) is 2.13. The van der Waals surface area contributed by atoms with Crippen LogP contribution in [0.4, 0.5) is 0 Å². The van der Waals surface area contributed by atoms with E-state index in [1.807, 2.05) is 19.1 Å². The van der Waals surface area contributed by atoms with Crippen LogP contribution in [0.15, 0.2) is 27.7 Å². The molecule has 0 aromatic heterocycles. The standard InChI is InChI=1S/C11H10BrClN2O/c1-2-9-11(16)15-10(14-9)6-3-4-8(13)7(12)5-6/h3-5,9H,2H2,1H3,(H,14,15,16). The van der Waals surface area contributed by atoms with Gasteiger partial charge in [-0.2, -0.15) is 0 Å². The summed E-state index contributed by atoms with van der Waals surface area (Å²) in [5, 5.41) is 3.40.